The number of nitrogens with one attached hydrogen (secondary N) is 1. The van der Waals surface area contributed by atoms with Crippen LogP contribution in [0, 0.1) is 22.0 Å². The smallest absolute Gasteiger partial charge is 0.344 e. The van der Waals surface area contributed by atoms with Crippen molar-refractivity contribution in [1.82, 2.24) is 0 Å². The number of nitro benzene ring substituents is 1. The van der Waals surface area contributed by atoms with E-state index in [-0.39, 0.29) is 17.5 Å². The monoisotopic (exact) mass is 390 g/mol. The van der Waals surface area contributed by atoms with Crippen molar-refractivity contribution >= 4 is 23.3 Å². The number of carboxylic acids is 1. The molecule has 1 heterocycles. The van der Waals surface area contributed by atoms with Gasteiger partial charge < -0.3 is 19.9 Å². The molecule has 1 aliphatic heterocycles. The number of amides is 1. The van der Waals surface area contributed by atoms with E-state index in [1.807, 2.05) is 0 Å². The molecule has 150 valence electrons. The van der Waals surface area contributed by atoms with Gasteiger partial charge in [-0.15, -0.1) is 0 Å². The Labute approximate surface area is 162 Å². The second-order valence-electron chi connectivity index (χ2n) is 6.20. The van der Waals surface area contributed by atoms with Crippen molar-refractivity contribution in [2.24, 2.45) is 0 Å². The number of ether oxygens (including phenoxy) is 2. The lowest BCUT2D eigenvalue weighted by Gasteiger charge is -2.22. The van der Waals surface area contributed by atoms with Crippen LogP contribution in [0.5, 0.6) is 0 Å². The minimum atomic E-state index is -1.49. The van der Waals surface area contributed by atoms with E-state index in [9.17, 15) is 24.8 Å². The molecule has 1 saturated heterocycles. The third-order valence-electron chi connectivity index (χ3n) is 4.01. The highest BCUT2D eigenvalue weighted by Crippen LogP contribution is 2.28. The zero-order chi connectivity index (χ0) is 20.5. The summed E-state index contributed by atoms with van der Waals surface area (Å²) in [6.07, 6.45) is 3.77. The molecule has 1 aliphatic rings. The first-order chi connectivity index (χ1) is 13.4. The zero-order valence-electron chi connectivity index (χ0n) is 15.5. The fourth-order valence-electron chi connectivity index (χ4n) is 2.75. The third kappa shape index (κ3) is 6.04. The molecule has 0 aromatic heterocycles. The number of hydrogen-bond donors (Lipinski definition) is 2. The number of nitrogens with zero attached hydrogens (tertiary/aromatic N) is 1. The molecule has 1 aromatic carbocycles. The predicted octanol–water partition coefficient (Wildman–Crippen LogP) is 2.93. The average Bonchev–Trinajstić information content (AvgIpc) is 2.65. The van der Waals surface area contributed by atoms with Gasteiger partial charge in [-0.2, -0.15) is 0 Å². The van der Waals surface area contributed by atoms with Gasteiger partial charge in [-0.3, -0.25) is 14.9 Å². The second kappa shape index (κ2) is 10.4. The summed E-state index contributed by atoms with van der Waals surface area (Å²) in [5, 5.41) is 23.0. The fraction of sp³-hybridized carbons (Fsp3) is 0.474. The van der Waals surface area contributed by atoms with Crippen molar-refractivity contribution in [2.75, 3.05) is 18.5 Å². The Hall–Kier alpha value is -2.96. The van der Waals surface area contributed by atoms with Gasteiger partial charge in [0.25, 0.3) is 5.69 Å². The summed E-state index contributed by atoms with van der Waals surface area (Å²) >= 11 is 0. The molecule has 1 fully saturated rings. The number of nitro groups is 1. The molecule has 1 atom stereocenters. The summed E-state index contributed by atoms with van der Waals surface area (Å²) < 4.78 is 11.1. The van der Waals surface area contributed by atoms with Crippen LogP contribution in [0.15, 0.2) is 12.1 Å². The molecule has 9 heteroatoms. The van der Waals surface area contributed by atoms with Gasteiger partial charge in [0, 0.05) is 26.0 Å². The lowest BCUT2D eigenvalue weighted by molar-refractivity contribution is -0.385. The average molecular weight is 390 g/mol. The van der Waals surface area contributed by atoms with Gasteiger partial charge in [0.15, 0.2) is 11.9 Å². The molecule has 1 amide bonds. The number of aromatic carboxylic acids is 1. The lowest BCUT2D eigenvalue weighted by Crippen LogP contribution is -2.22. The van der Waals surface area contributed by atoms with E-state index in [1.54, 1.807) is 0 Å². The van der Waals surface area contributed by atoms with Crippen LogP contribution in [0.4, 0.5) is 11.4 Å². The van der Waals surface area contributed by atoms with Crippen LogP contribution in [0.25, 0.3) is 0 Å². The van der Waals surface area contributed by atoms with Crippen LogP contribution in [-0.4, -0.2) is 41.4 Å². The molecular formula is C19H22N2O7. The van der Waals surface area contributed by atoms with Gasteiger partial charge in [-0.05, 0) is 31.7 Å². The maximum atomic E-state index is 11.6. The van der Waals surface area contributed by atoms with E-state index in [2.05, 4.69) is 17.2 Å². The third-order valence-corrected chi connectivity index (χ3v) is 4.01. The summed E-state index contributed by atoms with van der Waals surface area (Å²) in [5.74, 6) is 3.55. The molecule has 0 bridgehead atoms. The van der Waals surface area contributed by atoms with Crippen LogP contribution in [0.1, 0.15) is 54.9 Å². The Morgan fingerprint density at radius 1 is 1.43 bits per heavy atom. The molecule has 0 aliphatic carbocycles. The molecular weight excluding hydrogens is 368 g/mol. The molecule has 28 heavy (non-hydrogen) atoms. The van der Waals surface area contributed by atoms with Gasteiger partial charge in [0.1, 0.15) is 0 Å². The molecule has 0 radical (unpaired) electrons. The topological polar surface area (TPSA) is 128 Å². The number of unbranched alkanes of at least 4 members (excludes halogenated alkanes) is 1. The van der Waals surface area contributed by atoms with Crippen molar-refractivity contribution in [3.63, 3.8) is 0 Å². The van der Waals surface area contributed by atoms with E-state index in [4.69, 9.17) is 9.47 Å². The standard InChI is InChI=1S/C19H22N2O7/c1-13(22)20-15-9-10-16(21(25)26)18(19(23)24)14(15)7-3-2-5-11-27-17-8-4-6-12-28-17/h9-10,17H,2,4-6,8,11-12H2,1H3,(H,20,22)(H,23,24). The van der Waals surface area contributed by atoms with Crippen molar-refractivity contribution in [3.05, 3.63) is 33.4 Å². The Morgan fingerprint density at radius 2 is 2.21 bits per heavy atom. The van der Waals surface area contributed by atoms with Crippen LogP contribution >= 0.6 is 0 Å². The summed E-state index contributed by atoms with van der Waals surface area (Å²) in [4.78, 5) is 33.3. The first-order valence-electron chi connectivity index (χ1n) is 8.94. The lowest BCUT2D eigenvalue weighted by atomic mass is 10.0. The van der Waals surface area contributed by atoms with Crippen LogP contribution < -0.4 is 5.32 Å². The van der Waals surface area contributed by atoms with Gasteiger partial charge in [-0.25, -0.2) is 4.79 Å². The normalized spacial score (nSPS) is 16.0. The molecule has 0 saturated carbocycles. The van der Waals surface area contributed by atoms with Crippen LogP contribution in [0.2, 0.25) is 0 Å². The summed E-state index contributed by atoms with van der Waals surface area (Å²) in [7, 11) is 0. The number of carbonyl (C=O) groups excluding carboxylic acids is 1. The fourth-order valence-corrected chi connectivity index (χ4v) is 2.75. The van der Waals surface area contributed by atoms with Crippen molar-refractivity contribution in [3.8, 4) is 11.8 Å². The number of rotatable bonds is 7. The number of hydrogen-bond acceptors (Lipinski definition) is 6. The maximum absolute atomic E-state index is 11.6. The highest BCUT2D eigenvalue weighted by Gasteiger charge is 2.26. The largest absolute Gasteiger partial charge is 0.477 e. The number of carbonyl (C=O) groups is 2. The van der Waals surface area contributed by atoms with Gasteiger partial charge in [0.2, 0.25) is 5.91 Å². The SMILES string of the molecule is CC(=O)Nc1ccc([N+](=O)[O-])c(C(=O)O)c1C#CCCCOC1CCCCO1. The highest BCUT2D eigenvalue weighted by molar-refractivity contribution is 6.00. The number of benzene rings is 1. The van der Waals surface area contributed by atoms with E-state index < -0.39 is 28.1 Å². The second-order valence-corrected chi connectivity index (χ2v) is 6.20. The quantitative estimate of drug-likeness (QED) is 0.317. The zero-order valence-corrected chi connectivity index (χ0v) is 15.5. The Morgan fingerprint density at radius 3 is 2.82 bits per heavy atom. The maximum Gasteiger partial charge on any atom is 0.344 e. The summed E-state index contributed by atoms with van der Waals surface area (Å²) in [5.41, 5.74) is -1.09. The Bertz CT molecular complexity index is 804. The van der Waals surface area contributed by atoms with Crippen molar-refractivity contribution < 1.29 is 29.1 Å². The van der Waals surface area contributed by atoms with E-state index in [0.717, 1.165) is 25.3 Å². The molecule has 2 N–H and O–H groups in total. The van der Waals surface area contributed by atoms with Crippen molar-refractivity contribution in [2.45, 2.75) is 45.3 Å². The number of anilines is 1. The molecule has 0 spiro atoms. The van der Waals surface area contributed by atoms with E-state index in [0.29, 0.717) is 26.1 Å². The number of carboxylic acid groups (broad SMARTS) is 1. The van der Waals surface area contributed by atoms with E-state index >= 15 is 0 Å². The molecule has 1 unspecified atom stereocenters. The van der Waals surface area contributed by atoms with Gasteiger partial charge >= 0.3 is 5.97 Å². The van der Waals surface area contributed by atoms with E-state index in [1.165, 1.54) is 13.0 Å². The molecule has 9 nitrogen and oxygen atoms in total. The highest BCUT2D eigenvalue weighted by atomic mass is 16.7. The first kappa shape index (κ1) is 21.3. The molecule has 2 rings (SSSR count). The van der Waals surface area contributed by atoms with Gasteiger partial charge in [-0.1, -0.05) is 11.8 Å². The summed E-state index contributed by atoms with van der Waals surface area (Å²) in [6, 6.07) is 2.32. The molecule has 1 aromatic rings. The Balaban J connectivity index is 2.12. The first-order valence-corrected chi connectivity index (χ1v) is 8.94. The minimum absolute atomic E-state index is 0.0894. The van der Waals surface area contributed by atoms with Crippen LogP contribution in [0.3, 0.4) is 0 Å². The van der Waals surface area contributed by atoms with Crippen molar-refractivity contribution in [1.29, 1.82) is 0 Å². The Kier molecular flexibility index (Phi) is 7.92. The predicted molar refractivity (Wildman–Crippen MR) is 100 cm³/mol. The van der Waals surface area contributed by atoms with Gasteiger partial charge in [0.05, 0.1) is 22.8 Å². The minimum Gasteiger partial charge on any atom is -0.477 e. The summed E-state index contributed by atoms with van der Waals surface area (Å²) in [6.45, 7) is 2.39. The van der Waals surface area contributed by atoms with Crippen LogP contribution in [-0.2, 0) is 14.3 Å².